The highest BCUT2D eigenvalue weighted by molar-refractivity contribution is 5.98. The molecule has 1 atom stereocenters. The molecule has 0 unspecified atom stereocenters. The number of nitrogens with zero attached hydrogens (tertiary/aromatic N) is 5. The van der Waals surface area contributed by atoms with E-state index in [0.717, 1.165) is 37.6 Å². The number of likely N-dealkylation sites (tertiary alicyclic amines) is 1. The minimum atomic E-state index is -4.44. The Labute approximate surface area is 194 Å². The number of hydrogen-bond acceptors (Lipinski definition) is 6. The average Bonchev–Trinajstić information content (AvgIpc) is 3.48. The largest absolute Gasteiger partial charge is 0.416 e. The Bertz CT molecular complexity index is 1210. The van der Waals surface area contributed by atoms with Gasteiger partial charge >= 0.3 is 6.18 Å². The van der Waals surface area contributed by atoms with Gasteiger partial charge in [-0.1, -0.05) is 0 Å². The second-order valence-electron chi connectivity index (χ2n) is 9.02. The molecular formula is C24H23F3N6O. The molecule has 3 aromatic heterocycles. The maximum Gasteiger partial charge on any atom is 0.416 e. The summed E-state index contributed by atoms with van der Waals surface area (Å²) in [6.07, 6.45) is 2.76. The third-order valence-electron chi connectivity index (χ3n) is 6.48. The normalized spacial score (nSPS) is 18.8. The van der Waals surface area contributed by atoms with Crippen molar-refractivity contribution in [3.8, 4) is 11.4 Å². The first-order chi connectivity index (χ1) is 16.2. The first-order valence-electron chi connectivity index (χ1n) is 11.1. The quantitative estimate of drug-likeness (QED) is 0.599. The van der Waals surface area contributed by atoms with E-state index in [1.165, 1.54) is 0 Å². The number of amides is 1. The molecule has 3 aromatic rings. The Hall–Kier alpha value is -3.56. The van der Waals surface area contributed by atoms with Crippen molar-refractivity contribution in [3.63, 3.8) is 0 Å². The molecule has 0 bridgehead atoms. The summed E-state index contributed by atoms with van der Waals surface area (Å²) < 4.78 is 39.2. The van der Waals surface area contributed by atoms with Gasteiger partial charge in [-0.3, -0.25) is 4.79 Å². The maximum atomic E-state index is 13.7. The van der Waals surface area contributed by atoms with E-state index in [9.17, 15) is 18.0 Å². The Kier molecular flexibility index (Phi) is 5.45. The van der Waals surface area contributed by atoms with Gasteiger partial charge in [0.2, 0.25) is 0 Å². The summed E-state index contributed by atoms with van der Waals surface area (Å²) in [4.78, 5) is 32.6. The highest BCUT2D eigenvalue weighted by Crippen LogP contribution is 2.55. The molecule has 5 rings (SSSR count). The zero-order valence-corrected chi connectivity index (χ0v) is 18.5. The SMILES string of the molecule is Cc1ccc(-c2ncccn2)c(C(=O)N2CC3(CC3)C[C@H]2CNc2cc(C(F)(F)F)ccn2)n1. The molecule has 176 valence electrons. The predicted octanol–water partition coefficient (Wildman–Crippen LogP) is 4.37. The fraction of sp³-hybridized carbons (Fsp3) is 0.375. The van der Waals surface area contributed by atoms with Crippen molar-refractivity contribution in [1.29, 1.82) is 0 Å². The fourth-order valence-electron chi connectivity index (χ4n) is 4.52. The van der Waals surface area contributed by atoms with Gasteiger partial charge in [-0.2, -0.15) is 13.2 Å². The number of pyridine rings is 2. The standard InChI is InChI=1S/C24H23F3N6O/c1-15-3-4-18(21-29-8-2-9-30-21)20(32-15)22(34)33-14-23(6-7-23)12-17(33)13-31-19-11-16(5-10-28-19)24(25,26)27/h2-5,8-11,17H,6-7,12-14H2,1H3,(H,28,31)/t17-/m0/s1. The minimum Gasteiger partial charge on any atom is -0.368 e. The van der Waals surface area contributed by atoms with Crippen LogP contribution in [0.4, 0.5) is 19.0 Å². The lowest BCUT2D eigenvalue weighted by molar-refractivity contribution is -0.137. The van der Waals surface area contributed by atoms with E-state index in [-0.39, 0.29) is 28.9 Å². The van der Waals surface area contributed by atoms with Crippen LogP contribution in [0.15, 0.2) is 48.9 Å². The number of aryl methyl sites for hydroxylation is 1. The lowest BCUT2D eigenvalue weighted by atomic mass is 10.0. The number of anilines is 1. The predicted molar refractivity (Wildman–Crippen MR) is 119 cm³/mol. The van der Waals surface area contributed by atoms with Crippen molar-refractivity contribution in [2.75, 3.05) is 18.4 Å². The summed E-state index contributed by atoms with van der Waals surface area (Å²) in [5.74, 6) is 0.325. The van der Waals surface area contributed by atoms with Gasteiger partial charge in [0.05, 0.1) is 11.1 Å². The van der Waals surface area contributed by atoms with Crippen molar-refractivity contribution in [2.24, 2.45) is 5.41 Å². The summed E-state index contributed by atoms with van der Waals surface area (Å²) in [6.45, 7) is 2.71. The number of aromatic nitrogens is 4. The molecule has 1 saturated heterocycles. The van der Waals surface area contributed by atoms with Gasteiger partial charge < -0.3 is 10.2 Å². The van der Waals surface area contributed by atoms with Crippen molar-refractivity contribution in [2.45, 2.75) is 38.4 Å². The lowest BCUT2D eigenvalue weighted by Crippen LogP contribution is -2.40. The molecule has 34 heavy (non-hydrogen) atoms. The molecule has 1 aliphatic heterocycles. The molecule has 0 aromatic carbocycles. The topological polar surface area (TPSA) is 83.9 Å². The maximum absolute atomic E-state index is 13.7. The zero-order chi connectivity index (χ0) is 23.9. The van der Waals surface area contributed by atoms with E-state index < -0.39 is 11.7 Å². The second-order valence-corrected chi connectivity index (χ2v) is 9.02. The molecule has 7 nitrogen and oxygen atoms in total. The van der Waals surface area contributed by atoms with Gasteiger partial charge in [-0.25, -0.2) is 19.9 Å². The van der Waals surface area contributed by atoms with Crippen LogP contribution in [0.5, 0.6) is 0 Å². The van der Waals surface area contributed by atoms with Crippen LogP contribution in [-0.4, -0.2) is 49.9 Å². The fourth-order valence-corrected chi connectivity index (χ4v) is 4.52. The Morgan fingerprint density at radius 3 is 2.62 bits per heavy atom. The van der Waals surface area contributed by atoms with Crippen molar-refractivity contribution < 1.29 is 18.0 Å². The van der Waals surface area contributed by atoms with Crippen LogP contribution in [0, 0.1) is 12.3 Å². The van der Waals surface area contributed by atoms with Gasteiger partial charge in [0.1, 0.15) is 11.5 Å². The highest BCUT2D eigenvalue weighted by Gasteiger charge is 2.53. The average molecular weight is 468 g/mol. The number of halogens is 3. The van der Waals surface area contributed by atoms with Crippen LogP contribution < -0.4 is 5.32 Å². The van der Waals surface area contributed by atoms with Gasteiger partial charge in [-0.05, 0) is 61.9 Å². The number of carbonyl (C=O) groups is 1. The third-order valence-corrected chi connectivity index (χ3v) is 6.48. The van der Waals surface area contributed by atoms with Gasteiger partial charge in [0.15, 0.2) is 5.82 Å². The zero-order valence-electron chi connectivity index (χ0n) is 18.5. The summed E-state index contributed by atoms with van der Waals surface area (Å²) >= 11 is 0. The van der Waals surface area contributed by atoms with Crippen LogP contribution >= 0.6 is 0 Å². The van der Waals surface area contributed by atoms with Crippen LogP contribution in [0.25, 0.3) is 11.4 Å². The van der Waals surface area contributed by atoms with E-state index in [0.29, 0.717) is 30.2 Å². The van der Waals surface area contributed by atoms with E-state index in [1.54, 1.807) is 29.4 Å². The van der Waals surface area contributed by atoms with Crippen molar-refractivity contribution in [1.82, 2.24) is 24.8 Å². The number of alkyl halides is 3. The molecule has 2 fully saturated rings. The van der Waals surface area contributed by atoms with Gasteiger partial charge in [0, 0.05) is 43.4 Å². The molecule has 1 aliphatic carbocycles. The molecule has 1 saturated carbocycles. The summed E-state index contributed by atoms with van der Waals surface area (Å²) in [5, 5.41) is 3.01. The van der Waals surface area contributed by atoms with E-state index in [4.69, 9.17) is 0 Å². The summed E-state index contributed by atoms with van der Waals surface area (Å²) in [6, 6.07) is 7.04. The molecule has 1 spiro atoms. The van der Waals surface area contributed by atoms with E-state index >= 15 is 0 Å². The number of carbonyl (C=O) groups excluding carboxylic acids is 1. The van der Waals surface area contributed by atoms with Gasteiger partial charge in [-0.15, -0.1) is 0 Å². The van der Waals surface area contributed by atoms with Crippen molar-refractivity contribution >= 4 is 11.7 Å². The Morgan fingerprint density at radius 2 is 1.91 bits per heavy atom. The number of hydrogen-bond donors (Lipinski definition) is 1. The smallest absolute Gasteiger partial charge is 0.368 e. The molecule has 2 aliphatic rings. The summed E-state index contributed by atoms with van der Waals surface area (Å²) in [5.41, 5.74) is 0.854. The second kappa shape index (κ2) is 8.34. The highest BCUT2D eigenvalue weighted by atomic mass is 19.4. The molecule has 4 heterocycles. The lowest BCUT2D eigenvalue weighted by Gasteiger charge is -2.25. The van der Waals surface area contributed by atoms with Crippen LogP contribution in [0.2, 0.25) is 0 Å². The third kappa shape index (κ3) is 4.44. The van der Waals surface area contributed by atoms with E-state index in [1.807, 2.05) is 13.0 Å². The summed E-state index contributed by atoms with van der Waals surface area (Å²) in [7, 11) is 0. The van der Waals surface area contributed by atoms with Crippen LogP contribution in [0.1, 0.15) is 41.0 Å². The first kappa shape index (κ1) is 22.2. The molecule has 10 heteroatoms. The molecule has 1 N–H and O–H groups in total. The van der Waals surface area contributed by atoms with Crippen LogP contribution in [-0.2, 0) is 6.18 Å². The number of rotatable bonds is 5. The molecular weight excluding hydrogens is 445 g/mol. The monoisotopic (exact) mass is 468 g/mol. The van der Waals surface area contributed by atoms with Crippen molar-refractivity contribution in [3.05, 3.63) is 65.9 Å². The molecule has 0 radical (unpaired) electrons. The van der Waals surface area contributed by atoms with E-state index in [2.05, 4.69) is 25.3 Å². The van der Waals surface area contributed by atoms with Gasteiger partial charge in [0.25, 0.3) is 5.91 Å². The first-order valence-corrected chi connectivity index (χ1v) is 11.1. The minimum absolute atomic E-state index is 0.0798. The Balaban J connectivity index is 1.40. The number of nitrogens with one attached hydrogen (secondary N) is 1. The molecule has 1 amide bonds. The van der Waals surface area contributed by atoms with Crippen LogP contribution in [0.3, 0.4) is 0 Å². The Morgan fingerprint density at radius 1 is 1.15 bits per heavy atom.